The van der Waals surface area contributed by atoms with E-state index in [0.717, 1.165) is 18.4 Å². The summed E-state index contributed by atoms with van der Waals surface area (Å²) in [5, 5.41) is 9.19. The number of carbonyl (C=O) groups is 1. The van der Waals surface area contributed by atoms with Gasteiger partial charge in [-0.05, 0) is 37.0 Å². The first-order valence-corrected chi connectivity index (χ1v) is 6.44. The SMILES string of the molecule is C=CCCCN(C)C(=O)[C@@H](N)Cc1ccc(O)cc1. The molecule has 1 atom stereocenters. The van der Waals surface area contributed by atoms with Crippen LogP contribution in [0.5, 0.6) is 5.75 Å². The third kappa shape index (κ3) is 5.14. The zero-order chi connectivity index (χ0) is 14.3. The van der Waals surface area contributed by atoms with Gasteiger partial charge in [0.25, 0.3) is 0 Å². The van der Waals surface area contributed by atoms with E-state index in [2.05, 4.69) is 6.58 Å². The van der Waals surface area contributed by atoms with Gasteiger partial charge < -0.3 is 15.7 Å². The lowest BCUT2D eigenvalue weighted by atomic mass is 10.1. The van der Waals surface area contributed by atoms with Gasteiger partial charge in [-0.3, -0.25) is 4.79 Å². The van der Waals surface area contributed by atoms with Gasteiger partial charge >= 0.3 is 0 Å². The predicted molar refractivity (Wildman–Crippen MR) is 76.9 cm³/mol. The van der Waals surface area contributed by atoms with Gasteiger partial charge in [-0.15, -0.1) is 6.58 Å². The summed E-state index contributed by atoms with van der Waals surface area (Å²) < 4.78 is 0. The van der Waals surface area contributed by atoms with Crippen molar-refractivity contribution in [2.75, 3.05) is 13.6 Å². The van der Waals surface area contributed by atoms with Crippen molar-refractivity contribution in [3.05, 3.63) is 42.5 Å². The molecule has 0 aliphatic carbocycles. The van der Waals surface area contributed by atoms with Crippen LogP contribution >= 0.6 is 0 Å². The molecule has 19 heavy (non-hydrogen) atoms. The van der Waals surface area contributed by atoms with Crippen LogP contribution in [0.4, 0.5) is 0 Å². The number of phenolic OH excluding ortho intramolecular Hbond substituents is 1. The maximum Gasteiger partial charge on any atom is 0.239 e. The maximum absolute atomic E-state index is 12.0. The van der Waals surface area contributed by atoms with Crippen LogP contribution in [0.1, 0.15) is 18.4 Å². The number of hydrogen-bond acceptors (Lipinski definition) is 3. The number of hydrogen-bond donors (Lipinski definition) is 2. The van der Waals surface area contributed by atoms with E-state index in [0.29, 0.717) is 13.0 Å². The van der Waals surface area contributed by atoms with Gasteiger partial charge in [-0.2, -0.15) is 0 Å². The van der Waals surface area contributed by atoms with Gasteiger partial charge in [0.1, 0.15) is 5.75 Å². The molecule has 0 fully saturated rings. The number of aromatic hydroxyl groups is 1. The molecule has 1 aromatic rings. The van der Waals surface area contributed by atoms with Gasteiger partial charge in [-0.25, -0.2) is 0 Å². The molecule has 0 spiro atoms. The van der Waals surface area contributed by atoms with Crippen molar-refractivity contribution in [2.45, 2.75) is 25.3 Å². The van der Waals surface area contributed by atoms with E-state index in [1.807, 2.05) is 6.08 Å². The lowest BCUT2D eigenvalue weighted by molar-refractivity contribution is -0.131. The molecule has 0 bridgehead atoms. The van der Waals surface area contributed by atoms with Crippen molar-refractivity contribution >= 4 is 5.91 Å². The first-order valence-electron chi connectivity index (χ1n) is 6.44. The minimum Gasteiger partial charge on any atom is -0.508 e. The van der Waals surface area contributed by atoms with Gasteiger partial charge in [0.2, 0.25) is 5.91 Å². The first-order chi connectivity index (χ1) is 9.04. The summed E-state index contributed by atoms with van der Waals surface area (Å²) in [6.07, 6.45) is 4.11. The largest absolute Gasteiger partial charge is 0.508 e. The average Bonchev–Trinajstić information content (AvgIpc) is 2.40. The second-order valence-corrected chi connectivity index (χ2v) is 4.67. The summed E-state index contributed by atoms with van der Waals surface area (Å²) in [6.45, 7) is 4.34. The van der Waals surface area contributed by atoms with Crippen molar-refractivity contribution in [1.82, 2.24) is 4.90 Å². The van der Waals surface area contributed by atoms with Gasteiger partial charge in [0, 0.05) is 13.6 Å². The molecule has 0 unspecified atom stereocenters. The number of likely N-dealkylation sites (N-methyl/N-ethyl adjacent to an activating group) is 1. The second kappa shape index (κ2) is 7.59. The molecule has 0 saturated heterocycles. The fourth-order valence-corrected chi connectivity index (χ4v) is 1.84. The van der Waals surface area contributed by atoms with E-state index in [1.165, 1.54) is 0 Å². The minimum atomic E-state index is -0.543. The summed E-state index contributed by atoms with van der Waals surface area (Å²) in [5.74, 6) is 0.155. The number of carbonyl (C=O) groups excluding carboxylic acids is 1. The monoisotopic (exact) mass is 262 g/mol. The molecule has 0 radical (unpaired) electrons. The fourth-order valence-electron chi connectivity index (χ4n) is 1.84. The smallest absolute Gasteiger partial charge is 0.239 e. The van der Waals surface area contributed by atoms with Crippen LogP contribution in [0, 0.1) is 0 Å². The van der Waals surface area contributed by atoms with E-state index >= 15 is 0 Å². The Labute approximate surface area is 114 Å². The number of amides is 1. The zero-order valence-electron chi connectivity index (χ0n) is 11.4. The molecule has 4 nitrogen and oxygen atoms in total. The Morgan fingerprint density at radius 3 is 2.68 bits per heavy atom. The third-order valence-electron chi connectivity index (χ3n) is 2.99. The number of allylic oxidation sites excluding steroid dienone is 1. The summed E-state index contributed by atoms with van der Waals surface area (Å²) in [5.41, 5.74) is 6.86. The van der Waals surface area contributed by atoms with Crippen LogP contribution in [0.25, 0.3) is 0 Å². The first kappa shape index (κ1) is 15.2. The van der Waals surface area contributed by atoms with Crippen LogP contribution in [-0.4, -0.2) is 35.5 Å². The van der Waals surface area contributed by atoms with Crippen molar-refractivity contribution in [1.29, 1.82) is 0 Å². The standard InChI is InChI=1S/C15H22N2O2/c1-3-4-5-10-17(2)15(19)14(16)11-12-6-8-13(18)9-7-12/h3,6-9,14,18H,1,4-5,10-11,16H2,2H3/t14-/m0/s1. The van der Waals surface area contributed by atoms with E-state index in [4.69, 9.17) is 5.73 Å². The van der Waals surface area contributed by atoms with E-state index in [-0.39, 0.29) is 11.7 Å². The summed E-state index contributed by atoms with van der Waals surface area (Å²) in [6, 6.07) is 6.21. The number of nitrogens with zero attached hydrogens (tertiary/aromatic N) is 1. The molecule has 104 valence electrons. The van der Waals surface area contributed by atoms with Crippen molar-refractivity contribution in [3.63, 3.8) is 0 Å². The Balaban J connectivity index is 2.47. The Hall–Kier alpha value is -1.81. The summed E-state index contributed by atoms with van der Waals surface area (Å²) in [7, 11) is 1.77. The van der Waals surface area contributed by atoms with E-state index in [1.54, 1.807) is 36.2 Å². The van der Waals surface area contributed by atoms with Gasteiger partial charge in [0.05, 0.1) is 6.04 Å². The number of rotatable bonds is 7. The Kier molecular flexibility index (Phi) is 6.09. The average molecular weight is 262 g/mol. The van der Waals surface area contributed by atoms with Crippen molar-refractivity contribution < 1.29 is 9.90 Å². The van der Waals surface area contributed by atoms with Crippen molar-refractivity contribution in [2.24, 2.45) is 5.73 Å². The summed E-state index contributed by atoms with van der Waals surface area (Å²) in [4.78, 5) is 13.7. The molecule has 0 aliphatic heterocycles. The topological polar surface area (TPSA) is 66.6 Å². The molecule has 1 aromatic carbocycles. The Bertz CT molecular complexity index is 415. The molecule has 3 N–H and O–H groups in total. The molecule has 1 rings (SSSR count). The molecule has 0 heterocycles. The van der Waals surface area contributed by atoms with E-state index in [9.17, 15) is 9.90 Å². The lowest BCUT2D eigenvalue weighted by Crippen LogP contribution is -2.43. The highest BCUT2D eigenvalue weighted by atomic mass is 16.3. The Morgan fingerprint density at radius 1 is 1.47 bits per heavy atom. The Morgan fingerprint density at radius 2 is 2.11 bits per heavy atom. The van der Waals surface area contributed by atoms with E-state index < -0.39 is 6.04 Å². The molecule has 4 heteroatoms. The molecule has 0 saturated carbocycles. The highest BCUT2D eigenvalue weighted by Crippen LogP contribution is 2.11. The molecular weight excluding hydrogens is 240 g/mol. The highest BCUT2D eigenvalue weighted by molar-refractivity contribution is 5.81. The number of benzene rings is 1. The zero-order valence-corrected chi connectivity index (χ0v) is 11.4. The van der Waals surface area contributed by atoms with Gasteiger partial charge in [-0.1, -0.05) is 18.2 Å². The minimum absolute atomic E-state index is 0.0582. The predicted octanol–water partition coefficient (Wildman–Crippen LogP) is 1.69. The number of nitrogens with two attached hydrogens (primary N) is 1. The van der Waals surface area contributed by atoms with Gasteiger partial charge in [0.15, 0.2) is 0 Å². The molecule has 1 amide bonds. The highest BCUT2D eigenvalue weighted by Gasteiger charge is 2.17. The normalized spacial score (nSPS) is 11.9. The van der Waals surface area contributed by atoms with Crippen molar-refractivity contribution in [3.8, 4) is 5.75 Å². The molecule has 0 aliphatic rings. The fraction of sp³-hybridized carbons (Fsp3) is 0.400. The maximum atomic E-state index is 12.0. The van der Waals surface area contributed by atoms with Crippen LogP contribution in [0.2, 0.25) is 0 Å². The number of phenols is 1. The molecular formula is C15H22N2O2. The second-order valence-electron chi connectivity index (χ2n) is 4.67. The van der Waals surface area contributed by atoms with Crippen LogP contribution in [0.3, 0.4) is 0 Å². The number of unbranched alkanes of at least 4 members (excludes halogenated alkanes) is 1. The van der Waals surface area contributed by atoms with Crippen LogP contribution < -0.4 is 5.73 Å². The lowest BCUT2D eigenvalue weighted by Gasteiger charge is -2.21. The van der Waals surface area contributed by atoms with Crippen LogP contribution in [-0.2, 0) is 11.2 Å². The summed E-state index contributed by atoms with van der Waals surface area (Å²) >= 11 is 0. The van der Waals surface area contributed by atoms with Crippen LogP contribution in [0.15, 0.2) is 36.9 Å². The molecule has 0 aromatic heterocycles. The quantitative estimate of drug-likeness (QED) is 0.580. The third-order valence-corrected chi connectivity index (χ3v) is 2.99.